The molecule has 1 N–H and O–H groups in total. The molecule has 0 aromatic heterocycles. The fraction of sp³-hybridized carbons (Fsp3) is 0.143. The first-order valence-corrected chi connectivity index (χ1v) is 7.12. The number of alkyl halides is 3. The van der Waals surface area contributed by atoms with E-state index < -0.39 is 23.8 Å². The molecule has 0 amide bonds. The Kier molecular flexibility index (Phi) is 4.85. The van der Waals surface area contributed by atoms with Crippen LogP contribution in [0.4, 0.5) is 18.9 Å². The van der Waals surface area contributed by atoms with Crippen molar-refractivity contribution in [2.75, 3.05) is 11.3 Å². The second-order valence-corrected chi connectivity index (χ2v) is 5.33. The lowest BCUT2D eigenvalue weighted by Crippen LogP contribution is -2.19. The number of hydrogen-bond acceptors (Lipinski definition) is 2. The third-order valence-corrected chi connectivity index (χ3v) is 3.55. The van der Waals surface area contributed by atoms with E-state index in [0.29, 0.717) is 10.6 Å². The van der Waals surface area contributed by atoms with E-state index in [1.807, 2.05) is 6.07 Å². The monoisotopic (exact) mass is 315 g/mol. The molecule has 0 heterocycles. The molecule has 21 heavy (non-hydrogen) atoms. The number of benzene rings is 2. The van der Waals surface area contributed by atoms with Crippen molar-refractivity contribution < 1.29 is 22.1 Å². The van der Waals surface area contributed by atoms with E-state index in [1.54, 1.807) is 24.3 Å². The van der Waals surface area contributed by atoms with Gasteiger partial charge in [-0.3, -0.25) is 0 Å². The van der Waals surface area contributed by atoms with Crippen molar-refractivity contribution in [2.24, 2.45) is 0 Å². The Balaban J connectivity index is 1.97. The number of hydrogen-bond donors (Lipinski definition) is 1. The lowest BCUT2D eigenvalue weighted by atomic mass is 10.3. The number of anilines is 1. The Morgan fingerprint density at radius 3 is 2.19 bits per heavy atom. The first kappa shape index (κ1) is 15.4. The number of nitrogens with one attached hydrogen (secondary N) is 1. The van der Waals surface area contributed by atoms with E-state index in [1.165, 1.54) is 24.3 Å². The Hall–Kier alpha value is -2.02. The fourth-order valence-corrected chi connectivity index (χ4v) is 2.35. The van der Waals surface area contributed by atoms with Crippen LogP contribution in [-0.2, 0) is 11.0 Å². The third-order valence-electron chi connectivity index (χ3n) is 2.42. The van der Waals surface area contributed by atoms with Crippen LogP contribution in [-0.4, -0.2) is 17.0 Å². The summed E-state index contributed by atoms with van der Waals surface area (Å²) >= 11 is 0. The van der Waals surface area contributed by atoms with Gasteiger partial charge in [-0.1, -0.05) is 18.2 Å². The van der Waals surface area contributed by atoms with E-state index in [0.717, 1.165) is 0 Å². The zero-order valence-electron chi connectivity index (χ0n) is 10.8. The van der Waals surface area contributed by atoms with E-state index in [-0.39, 0.29) is 5.75 Å². The van der Waals surface area contributed by atoms with Gasteiger partial charge < -0.3 is 9.46 Å². The minimum atomic E-state index is -4.38. The summed E-state index contributed by atoms with van der Waals surface area (Å²) in [5.41, 5.74) is 0.688. The molecule has 2 aromatic rings. The molecule has 1 unspecified atom stereocenters. The Labute approximate surface area is 122 Å². The number of rotatable bonds is 5. The summed E-state index contributed by atoms with van der Waals surface area (Å²) in [4.78, 5) is 0.443. The molecule has 1 atom stereocenters. The summed E-state index contributed by atoms with van der Waals surface area (Å²) in [6.07, 6.45) is -4.38. The SMILES string of the molecule is O=S(Nc1ccccc1)c1ccc(OCC(F)(F)F)cc1. The smallest absolute Gasteiger partial charge is 0.422 e. The van der Waals surface area contributed by atoms with Gasteiger partial charge in [-0.25, -0.2) is 4.21 Å². The fourth-order valence-electron chi connectivity index (χ4n) is 1.50. The standard InChI is InChI=1S/C14H12F3NO2S/c15-14(16,17)10-20-12-6-8-13(9-7-12)21(19)18-11-4-2-1-3-5-11/h1-9,18H,10H2. The summed E-state index contributed by atoms with van der Waals surface area (Å²) < 4.78 is 55.4. The van der Waals surface area contributed by atoms with Gasteiger partial charge in [0, 0.05) is 5.69 Å². The lowest BCUT2D eigenvalue weighted by Gasteiger charge is -2.10. The van der Waals surface area contributed by atoms with Crippen LogP contribution in [0.1, 0.15) is 0 Å². The second kappa shape index (κ2) is 6.62. The molecule has 0 radical (unpaired) electrons. The van der Waals surface area contributed by atoms with Crippen LogP contribution in [0.3, 0.4) is 0 Å². The number of ether oxygens (including phenoxy) is 1. The highest BCUT2D eigenvalue weighted by Gasteiger charge is 2.28. The molecule has 0 fully saturated rings. The summed E-state index contributed by atoms with van der Waals surface area (Å²) in [5, 5.41) is 0. The van der Waals surface area contributed by atoms with Crippen molar-refractivity contribution in [3.8, 4) is 5.75 Å². The molecular formula is C14H12F3NO2S. The molecule has 3 nitrogen and oxygen atoms in total. The van der Waals surface area contributed by atoms with E-state index in [9.17, 15) is 17.4 Å². The van der Waals surface area contributed by atoms with Crippen molar-refractivity contribution in [1.82, 2.24) is 0 Å². The first-order valence-electron chi connectivity index (χ1n) is 5.97. The molecule has 0 aliphatic carbocycles. The number of halogens is 3. The predicted octanol–water partition coefficient (Wildman–Crippen LogP) is 3.76. The summed E-state index contributed by atoms with van der Waals surface area (Å²) in [6, 6.07) is 14.6. The lowest BCUT2D eigenvalue weighted by molar-refractivity contribution is -0.153. The first-order chi connectivity index (χ1) is 9.94. The van der Waals surface area contributed by atoms with Crippen molar-refractivity contribution in [2.45, 2.75) is 11.1 Å². The molecule has 0 aliphatic heterocycles. The minimum absolute atomic E-state index is 0.0767. The van der Waals surface area contributed by atoms with Gasteiger partial charge in [0.1, 0.15) is 16.7 Å². The van der Waals surface area contributed by atoms with Gasteiger partial charge in [0.05, 0.1) is 4.90 Å². The Morgan fingerprint density at radius 2 is 1.62 bits per heavy atom. The minimum Gasteiger partial charge on any atom is -0.484 e. The van der Waals surface area contributed by atoms with Crippen LogP contribution in [0.15, 0.2) is 59.5 Å². The van der Waals surface area contributed by atoms with Crippen molar-refractivity contribution in [3.63, 3.8) is 0 Å². The van der Waals surface area contributed by atoms with E-state index >= 15 is 0 Å². The van der Waals surface area contributed by atoms with Gasteiger partial charge in [-0.05, 0) is 36.4 Å². The molecule has 0 saturated carbocycles. The molecule has 2 aromatic carbocycles. The molecule has 0 saturated heterocycles. The van der Waals surface area contributed by atoms with Gasteiger partial charge in [0.15, 0.2) is 6.61 Å². The quantitative estimate of drug-likeness (QED) is 0.912. The predicted molar refractivity (Wildman–Crippen MR) is 74.5 cm³/mol. The van der Waals surface area contributed by atoms with Crippen LogP contribution in [0.5, 0.6) is 5.75 Å². The Morgan fingerprint density at radius 1 is 1.00 bits per heavy atom. The second-order valence-electron chi connectivity index (χ2n) is 4.11. The van der Waals surface area contributed by atoms with Crippen LogP contribution >= 0.6 is 0 Å². The molecule has 2 rings (SSSR count). The highest BCUT2D eigenvalue weighted by Crippen LogP contribution is 2.20. The maximum absolute atomic E-state index is 12.0. The highest BCUT2D eigenvalue weighted by molar-refractivity contribution is 7.86. The van der Waals surface area contributed by atoms with Gasteiger partial charge in [0.2, 0.25) is 0 Å². The molecule has 0 bridgehead atoms. The zero-order valence-corrected chi connectivity index (χ0v) is 11.6. The van der Waals surface area contributed by atoms with Crippen LogP contribution in [0, 0.1) is 0 Å². The summed E-state index contributed by atoms with van der Waals surface area (Å²) in [7, 11) is -1.49. The van der Waals surface area contributed by atoms with Crippen molar-refractivity contribution in [1.29, 1.82) is 0 Å². The molecule has 0 aliphatic rings. The van der Waals surface area contributed by atoms with Crippen LogP contribution in [0.25, 0.3) is 0 Å². The van der Waals surface area contributed by atoms with Crippen LogP contribution < -0.4 is 9.46 Å². The van der Waals surface area contributed by atoms with Gasteiger partial charge in [-0.2, -0.15) is 13.2 Å². The van der Waals surface area contributed by atoms with Crippen molar-refractivity contribution in [3.05, 3.63) is 54.6 Å². The molecule has 112 valence electrons. The van der Waals surface area contributed by atoms with Crippen molar-refractivity contribution >= 4 is 16.7 Å². The number of para-hydroxylation sites is 1. The Bertz CT molecular complexity index is 600. The third kappa shape index (κ3) is 5.11. The zero-order chi connectivity index (χ0) is 15.3. The summed E-state index contributed by atoms with van der Waals surface area (Å²) in [5.74, 6) is 0.0767. The normalized spacial score (nSPS) is 12.7. The van der Waals surface area contributed by atoms with E-state index in [4.69, 9.17) is 0 Å². The maximum Gasteiger partial charge on any atom is 0.422 e. The van der Waals surface area contributed by atoms with E-state index in [2.05, 4.69) is 9.46 Å². The van der Waals surface area contributed by atoms with Gasteiger partial charge in [-0.15, -0.1) is 0 Å². The maximum atomic E-state index is 12.0. The van der Waals surface area contributed by atoms with Crippen LogP contribution in [0.2, 0.25) is 0 Å². The molecular weight excluding hydrogens is 303 g/mol. The topological polar surface area (TPSA) is 38.3 Å². The molecule has 0 spiro atoms. The average molecular weight is 315 g/mol. The average Bonchev–Trinajstić information content (AvgIpc) is 2.46. The van der Waals surface area contributed by atoms with Gasteiger partial charge in [0.25, 0.3) is 0 Å². The largest absolute Gasteiger partial charge is 0.484 e. The van der Waals surface area contributed by atoms with Gasteiger partial charge >= 0.3 is 6.18 Å². The summed E-state index contributed by atoms with van der Waals surface area (Å²) in [6.45, 7) is -1.35. The molecule has 7 heteroatoms. The highest BCUT2D eigenvalue weighted by atomic mass is 32.2.